The third-order valence-corrected chi connectivity index (χ3v) is 3.92. The van der Waals surface area contributed by atoms with Crippen LogP contribution in [0.15, 0.2) is 0 Å². The van der Waals surface area contributed by atoms with Crippen molar-refractivity contribution in [3.8, 4) is 0 Å². The summed E-state index contributed by atoms with van der Waals surface area (Å²) < 4.78 is 3.78. The van der Waals surface area contributed by atoms with E-state index < -0.39 is 0 Å². The van der Waals surface area contributed by atoms with E-state index in [1.807, 2.05) is 0 Å². The Morgan fingerprint density at radius 1 is 1.56 bits per heavy atom. The third-order valence-electron chi connectivity index (χ3n) is 3.21. The number of piperidine rings is 1. The lowest BCUT2D eigenvalue weighted by Crippen LogP contribution is -2.34. The summed E-state index contributed by atoms with van der Waals surface area (Å²) in [7, 11) is 4.28. The summed E-state index contributed by atoms with van der Waals surface area (Å²) in [6.45, 7) is 3.55. The van der Waals surface area contributed by atoms with Crippen molar-refractivity contribution < 1.29 is 0 Å². The van der Waals surface area contributed by atoms with Gasteiger partial charge in [-0.15, -0.1) is 0 Å². The van der Waals surface area contributed by atoms with Gasteiger partial charge in [-0.05, 0) is 44.0 Å². The maximum atomic E-state index is 3.97. The molecule has 0 aliphatic carbocycles. The Morgan fingerprint density at radius 3 is 3.12 bits per heavy atom. The van der Waals surface area contributed by atoms with Crippen molar-refractivity contribution in [2.24, 2.45) is 5.92 Å². The van der Waals surface area contributed by atoms with Crippen molar-refractivity contribution >= 4 is 16.7 Å². The van der Waals surface area contributed by atoms with Gasteiger partial charge in [0.05, 0.1) is 0 Å². The molecule has 2 rings (SSSR count). The Hall–Kier alpha value is -0.750. The molecule has 1 unspecified atom stereocenters. The second-order valence-corrected chi connectivity index (χ2v) is 5.34. The summed E-state index contributed by atoms with van der Waals surface area (Å²) in [6, 6.07) is 0. The molecule has 1 aliphatic heterocycles. The van der Waals surface area contributed by atoms with E-state index in [1.165, 1.54) is 43.9 Å². The molecule has 1 aromatic heterocycles. The second kappa shape index (κ2) is 5.54. The number of aromatic nitrogens is 3. The van der Waals surface area contributed by atoms with Crippen LogP contribution in [0.5, 0.6) is 0 Å². The smallest absolute Gasteiger partial charge is 0.227 e. The van der Waals surface area contributed by atoms with Crippen LogP contribution >= 0.6 is 11.5 Å². The largest absolute Gasteiger partial charge is 0.348 e. The Bertz CT molecular complexity index is 302. The minimum Gasteiger partial charge on any atom is -0.348 e. The molecule has 0 saturated carbocycles. The highest BCUT2D eigenvalue weighted by atomic mass is 32.1. The fourth-order valence-electron chi connectivity index (χ4n) is 2.26. The summed E-state index contributed by atoms with van der Waals surface area (Å²) in [6.07, 6.45) is 3.94. The Balaban J connectivity index is 1.74. The summed E-state index contributed by atoms with van der Waals surface area (Å²) in [4.78, 5) is 4.58. The lowest BCUT2D eigenvalue weighted by molar-refractivity contribution is 0.203. The van der Waals surface area contributed by atoms with E-state index in [0.29, 0.717) is 0 Å². The zero-order valence-corrected chi connectivity index (χ0v) is 10.8. The van der Waals surface area contributed by atoms with Gasteiger partial charge in [0.25, 0.3) is 0 Å². The van der Waals surface area contributed by atoms with Crippen molar-refractivity contribution in [2.45, 2.75) is 19.3 Å². The summed E-state index contributed by atoms with van der Waals surface area (Å²) >= 11 is 1.36. The van der Waals surface area contributed by atoms with Gasteiger partial charge in [-0.3, -0.25) is 0 Å². The van der Waals surface area contributed by atoms with Gasteiger partial charge in [0.15, 0.2) is 0 Å². The van der Waals surface area contributed by atoms with Crippen molar-refractivity contribution in [3.63, 3.8) is 0 Å². The van der Waals surface area contributed by atoms with Crippen LogP contribution in [0.3, 0.4) is 0 Å². The lowest BCUT2D eigenvalue weighted by Gasteiger charge is -2.30. The first-order chi connectivity index (χ1) is 7.75. The molecular formula is C10H19N5S. The molecule has 0 spiro atoms. The highest BCUT2D eigenvalue weighted by molar-refractivity contribution is 7.09. The van der Waals surface area contributed by atoms with Crippen LogP contribution in [-0.4, -0.2) is 53.4 Å². The highest BCUT2D eigenvalue weighted by Gasteiger charge is 2.17. The maximum absolute atomic E-state index is 3.97. The van der Waals surface area contributed by atoms with Crippen molar-refractivity contribution in [1.82, 2.24) is 19.7 Å². The molecule has 16 heavy (non-hydrogen) atoms. The fourth-order valence-corrected chi connectivity index (χ4v) is 2.71. The average molecular weight is 241 g/mol. The van der Waals surface area contributed by atoms with Gasteiger partial charge in [-0.1, -0.05) is 9.59 Å². The van der Waals surface area contributed by atoms with E-state index in [9.17, 15) is 0 Å². The van der Waals surface area contributed by atoms with Crippen LogP contribution in [0.2, 0.25) is 0 Å². The molecule has 1 aromatic rings. The van der Waals surface area contributed by atoms with Gasteiger partial charge in [0, 0.05) is 31.7 Å². The molecule has 90 valence electrons. The molecule has 1 saturated heterocycles. The topological polar surface area (TPSA) is 45.2 Å². The fraction of sp³-hybridized carbons (Fsp3) is 0.900. The van der Waals surface area contributed by atoms with E-state index in [-0.39, 0.29) is 0 Å². The SMILES string of the molecule is CN1CCCC(CCN(C)c2nnns2)C1. The van der Waals surface area contributed by atoms with Gasteiger partial charge in [0.2, 0.25) is 5.13 Å². The second-order valence-electron chi connectivity index (χ2n) is 4.63. The van der Waals surface area contributed by atoms with E-state index in [4.69, 9.17) is 0 Å². The standard InChI is InChI=1S/C10H19N5S/c1-14-6-3-4-9(8-14)5-7-15(2)10-11-12-13-16-10/h9H,3-8H2,1-2H3. The van der Waals surface area contributed by atoms with Crippen LogP contribution in [0.1, 0.15) is 19.3 Å². The molecule has 1 aliphatic rings. The van der Waals surface area contributed by atoms with E-state index in [1.54, 1.807) is 0 Å². The molecule has 6 heteroatoms. The molecule has 1 atom stereocenters. The van der Waals surface area contributed by atoms with Crippen LogP contribution in [-0.2, 0) is 0 Å². The van der Waals surface area contributed by atoms with Crippen LogP contribution < -0.4 is 4.90 Å². The number of likely N-dealkylation sites (tertiary alicyclic amines) is 1. The van der Waals surface area contributed by atoms with Gasteiger partial charge in [-0.25, -0.2) is 0 Å². The minimum absolute atomic E-state index is 0.835. The quantitative estimate of drug-likeness (QED) is 0.790. The Kier molecular flexibility index (Phi) is 4.06. The van der Waals surface area contributed by atoms with E-state index in [0.717, 1.165) is 17.6 Å². The molecule has 1 fully saturated rings. The summed E-state index contributed by atoms with van der Waals surface area (Å²) in [5, 5.41) is 8.51. The van der Waals surface area contributed by atoms with Gasteiger partial charge >= 0.3 is 0 Å². The number of hydrogen-bond acceptors (Lipinski definition) is 6. The first-order valence-electron chi connectivity index (χ1n) is 5.80. The highest BCUT2D eigenvalue weighted by Crippen LogP contribution is 2.20. The first-order valence-corrected chi connectivity index (χ1v) is 6.58. The zero-order valence-electron chi connectivity index (χ0n) is 9.96. The van der Waals surface area contributed by atoms with Crippen LogP contribution in [0.25, 0.3) is 0 Å². The van der Waals surface area contributed by atoms with E-state index in [2.05, 4.69) is 38.7 Å². The Labute approximate surface area is 101 Å². The molecule has 0 amide bonds. The average Bonchev–Trinajstić information content (AvgIpc) is 2.79. The van der Waals surface area contributed by atoms with Crippen LogP contribution in [0, 0.1) is 5.92 Å². The normalized spacial score (nSPS) is 22.2. The lowest BCUT2D eigenvalue weighted by atomic mass is 9.95. The predicted molar refractivity (Wildman–Crippen MR) is 65.8 cm³/mol. The summed E-state index contributed by atoms with van der Waals surface area (Å²) in [5.74, 6) is 0.835. The molecular weight excluding hydrogens is 222 g/mol. The zero-order chi connectivity index (χ0) is 11.4. The maximum Gasteiger partial charge on any atom is 0.227 e. The molecule has 2 heterocycles. The molecule has 0 aromatic carbocycles. The van der Waals surface area contributed by atoms with Crippen molar-refractivity contribution in [2.75, 3.05) is 38.6 Å². The van der Waals surface area contributed by atoms with Gasteiger partial charge in [0.1, 0.15) is 0 Å². The van der Waals surface area contributed by atoms with Crippen molar-refractivity contribution in [3.05, 3.63) is 0 Å². The van der Waals surface area contributed by atoms with Crippen LogP contribution in [0.4, 0.5) is 5.13 Å². The third kappa shape index (κ3) is 3.12. The minimum atomic E-state index is 0.835. The first kappa shape index (κ1) is 11.7. The summed E-state index contributed by atoms with van der Waals surface area (Å²) in [5.41, 5.74) is 0. The molecule has 0 radical (unpaired) electrons. The van der Waals surface area contributed by atoms with Crippen molar-refractivity contribution in [1.29, 1.82) is 0 Å². The van der Waals surface area contributed by atoms with Gasteiger partial charge in [-0.2, -0.15) is 0 Å². The molecule has 0 N–H and O–H groups in total. The number of nitrogens with zero attached hydrogens (tertiary/aromatic N) is 5. The predicted octanol–water partition coefficient (Wildman–Crippen LogP) is 1.10. The number of hydrogen-bond donors (Lipinski definition) is 0. The Morgan fingerprint density at radius 2 is 2.44 bits per heavy atom. The van der Waals surface area contributed by atoms with E-state index >= 15 is 0 Å². The van der Waals surface area contributed by atoms with Gasteiger partial charge < -0.3 is 9.80 Å². The molecule has 0 bridgehead atoms. The molecule has 5 nitrogen and oxygen atoms in total. The number of rotatable bonds is 4. The number of anilines is 1. The monoisotopic (exact) mass is 241 g/mol.